The van der Waals surface area contributed by atoms with Gasteiger partial charge in [-0.3, -0.25) is 9.59 Å². The SMILES string of the molecule is CCCN(C(=O)Cn1ccc2c(CC(=O)OC)cccc21)c1ccccc1. The number of hydrogen-bond donors (Lipinski definition) is 0. The zero-order valence-corrected chi connectivity index (χ0v) is 15.7. The zero-order valence-electron chi connectivity index (χ0n) is 15.7. The number of anilines is 1. The van der Waals surface area contributed by atoms with Crippen molar-refractivity contribution < 1.29 is 14.3 Å². The molecule has 0 radical (unpaired) electrons. The number of ether oxygens (including phenoxy) is 1. The predicted octanol–water partition coefficient (Wildman–Crippen LogP) is 3.80. The van der Waals surface area contributed by atoms with Crippen LogP contribution in [0.2, 0.25) is 0 Å². The largest absolute Gasteiger partial charge is 0.469 e. The minimum atomic E-state index is -0.274. The normalized spacial score (nSPS) is 10.7. The molecule has 0 bridgehead atoms. The summed E-state index contributed by atoms with van der Waals surface area (Å²) in [5, 5.41) is 0.970. The number of carbonyl (C=O) groups excluding carboxylic acids is 2. The van der Waals surface area contributed by atoms with Crippen molar-refractivity contribution in [3.05, 3.63) is 66.4 Å². The van der Waals surface area contributed by atoms with Crippen LogP contribution in [0.15, 0.2) is 60.8 Å². The van der Waals surface area contributed by atoms with E-state index in [1.807, 2.05) is 70.3 Å². The maximum absolute atomic E-state index is 13.0. The van der Waals surface area contributed by atoms with Gasteiger partial charge in [-0.15, -0.1) is 0 Å². The first-order valence-electron chi connectivity index (χ1n) is 9.13. The number of esters is 1. The third kappa shape index (κ3) is 4.19. The molecule has 0 N–H and O–H groups in total. The second kappa shape index (κ2) is 8.54. The molecule has 1 aromatic heterocycles. The molecule has 5 heteroatoms. The Bertz CT molecular complexity index is 931. The first-order valence-corrected chi connectivity index (χ1v) is 9.13. The molecular weight excluding hydrogens is 340 g/mol. The number of para-hydroxylation sites is 1. The molecular formula is C22H24N2O3. The molecule has 0 saturated heterocycles. The topological polar surface area (TPSA) is 51.5 Å². The lowest BCUT2D eigenvalue weighted by Gasteiger charge is -2.22. The van der Waals surface area contributed by atoms with E-state index in [0.717, 1.165) is 28.6 Å². The summed E-state index contributed by atoms with van der Waals surface area (Å²) in [6.07, 6.45) is 3.01. The van der Waals surface area contributed by atoms with Crippen LogP contribution in [0.4, 0.5) is 5.69 Å². The van der Waals surface area contributed by atoms with Crippen molar-refractivity contribution in [3.8, 4) is 0 Å². The molecule has 3 aromatic rings. The highest BCUT2D eigenvalue weighted by Gasteiger charge is 2.17. The van der Waals surface area contributed by atoms with E-state index in [9.17, 15) is 9.59 Å². The summed E-state index contributed by atoms with van der Waals surface area (Å²) in [7, 11) is 1.39. The molecule has 0 spiro atoms. The second-order valence-electron chi connectivity index (χ2n) is 6.43. The summed E-state index contributed by atoms with van der Waals surface area (Å²) in [6.45, 7) is 2.99. The number of carbonyl (C=O) groups is 2. The molecule has 0 aliphatic heterocycles. The number of rotatable bonds is 7. The van der Waals surface area contributed by atoms with Crippen molar-refractivity contribution in [3.63, 3.8) is 0 Å². The third-order valence-electron chi connectivity index (χ3n) is 4.59. The van der Waals surface area contributed by atoms with Gasteiger partial charge >= 0.3 is 5.97 Å². The van der Waals surface area contributed by atoms with Gasteiger partial charge in [-0.2, -0.15) is 0 Å². The van der Waals surface area contributed by atoms with E-state index in [0.29, 0.717) is 6.54 Å². The van der Waals surface area contributed by atoms with Gasteiger partial charge in [-0.1, -0.05) is 37.3 Å². The van der Waals surface area contributed by atoms with E-state index in [2.05, 4.69) is 6.92 Å². The van der Waals surface area contributed by atoms with Gasteiger partial charge in [0.1, 0.15) is 6.54 Å². The van der Waals surface area contributed by atoms with Gasteiger partial charge in [0, 0.05) is 29.3 Å². The number of fused-ring (bicyclic) bond motifs is 1. The minimum absolute atomic E-state index is 0.0407. The molecule has 5 nitrogen and oxygen atoms in total. The first kappa shape index (κ1) is 18.7. The lowest BCUT2D eigenvalue weighted by Crippen LogP contribution is -2.34. The van der Waals surface area contributed by atoms with Crippen LogP contribution in [-0.4, -0.2) is 30.1 Å². The number of methoxy groups -OCH3 is 1. The van der Waals surface area contributed by atoms with E-state index < -0.39 is 0 Å². The first-order chi connectivity index (χ1) is 13.1. The van der Waals surface area contributed by atoms with E-state index in [1.54, 1.807) is 0 Å². The molecule has 1 amide bonds. The van der Waals surface area contributed by atoms with Crippen LogP contribution in [0.25, 0.3) is 10.9 Å². The molecule has 0 saturated carbocycles. The van der Waals surface area contributed by atoms with Gasteiger partial charge in [-0.25, -0.2) is 0 Å². The number of aromatic nitrogens is 1. The van der Waals surface area contributed by atoms with Gasteiger partial charge in [0.05, 0.1) is 13.5 Å². The highest BCUT2D eigenvalue weighted by molar-refractivity contribution is 5.95. The molecule has 0 unspecified atom stereocenters. The van der Waals surface area contributed by atoms with Crippen LogP contribution in [0.1, 0.15) is 18.9 Å². The van der Waals surface area contributed by atoms with Crippen molar-refractivity contribution >= 4 is 28.5 Å². The van der Waals surface area contributed by atoms with Crippen molar-refractivity contribution in [1.82, 2.24) is 4.57 Å². The van der Waals surface area contributed by atoms with E-state index in [4.69, 9.17) is 4.74 Å². The standard InChI is InChI=1S/C22H24N2O3/c1-3-13-24(18-9-5-4-6-10-18)21(25)16-23-14-12-19-17(15-22(26)27-2)8-7-11-20(19)23/h4-12,14H,3,13,15-16H2,1-2H3. The molecule has 0 aliphatic rings. The van der Waals surface area contributed by atoms with E-state index in [1.165, 1.54) is 7.11 Å². The maximum Gasteiger partial charge on any atom is 0.310 e. The lowest BCUT2D eigenvalue weighted by atomic mass is 10.1. The van der Waals surface area contributed by atoms with Crippen LogP contribution in [-0.2, 0) is 27.3 Å². The Morgan fingerprint density at radius 2 is 1.81 bits per heavy atom. The summed E-state index contributed by atoms with van der Waals surface area (Å²) in [5.41, 5.74) is 2.75. The average molecular weight is 364 g/mol. The van der Waals surface area contributed by atoms with Crippen LogP contribution < -0.4 is 4.90 Å². The predicted molar refractivity (Wildman–Crippen MR) is 107 cm³/mol. The molecule has 0 aliphatic carbocycles. The number of amides is 1. The summed E-state index contributed by atoms with van der Waals surface area (Å²) >= 11 is 0. The van der Waals surface area contributed by atoms with Crippen LogP contribution in [0.3, 0.4) is 0 Å². The molecule has 0 fully saturated rings. The molecule has 27 heavy (non-hydrogen) atoms. The lowest BCUT2D eigenvalue weighted by molar-refractivity contribution is -0.139. The highest BCUT2D eigenvalue weighted by atomic mass is 16.5. The summed E-state index contributed by atoms with van der Waals surface area (Å²) < 4.78 is 6.71. The monoisotopic (exact) mass is 364 g/mol. The fourth-order valence-electron chi connectivity index (χ4n) is 3.27. The zero-order chi connectivity index (χ0) is 19.2. The Kier molecular flexibility index (Phi) is 5.91. The quantitative estimate of drug-likeness (QED) is 0.599. The highest BCUT2D eigenvalue weighted by Crippen LogP contribution is 2.22. The smallest absolute Gasteiger partial charge is 0.310 e. The Hall–Kier alpha value is -3.08. The van der Waals surface area contributed by atoms with Crippen molar-refractivity contribution in [2.24, 2.45) is 0 Å². The molecule has 2 aromatic carbocycles. The molecule has 140 valence electrons. The Labute approximate surface area is 159 Å². The number of hydrogen-bond acceptors (Lipinski definition) is 3. The van der Waals surface area contributed by atoms with Crippen molar-refractivity contribution in [2.45, 2.75) is 26.3 Å². The van der Waals surface area contributed by atoms with Crippen molar-refractivity contribution in [2.75, 3.05) is 18.6 Å². The summed E-state index contributed by atoms with van der Waals surface area (Å²) in [6, 6.07) is 17.5. The Balaban J connectivity index is 1.86. The molecule has 3 rings (SSSR count). The van der Waals surface area contributed by atoms with Gasteiger partial charge in [0.25, 0.3) is 0 Å². The minimum Gasteiger partial charge on any atom is -0.469 e. The molecule has 0 atom stereocenters. The Morgan fingerprint density at radius 1 is 1.04 bits per heavy atom. The fraction of sp³-hybridized carbons (Fsp3) is 0.273. The number of nitrogens with zero attached hydrogens (tertiary/aromatic N) is 2. The van der Waals surface area contributed by atoms with Gasteiger partial charge in [-0.05, 0) is 36.2 Å². The van der Waals surface area contributed by atoms with Crippen molar-refractivity contribution in [1.29, 1.82) is 0 Å². The summed E-state index contributed by atoms with van der Waals surface area (Å²) in [4.78, 5) is 26.4. The van der Waals surface area contributed by atoms with Gasteiger partial charge in [0.2, 0.25) is 5.91 Å². The maximum atomic E-state index is 13.0. The van der Waals surface area contributed by atoms with Crippen LogP contribution >= 0.6 is 0 Å². The van der Waals surface area contributed by atoms with Crippen LogP contribution in [0.5, 0.6) is 0 Å². The van der Waals surface area contributed by atoms with E-state index in [-0.39, 0.29) is 24.8 Å². The fourth-order valence-corrected chi connectivity index (χ4v) is 3.27. The Morgan fingerprint density at radius 3 is 2.52 bits per heavy atom. The van der Waals surface area contributed by atoms with Gasteiger partial charge < -0.3 is 14.2 Å². The average Bonchev–Trinajstić information content (AvgIpc) is 3.10. The van der Waals surface area contributed by atoms with E-state index >= 15 is 0 Å². The third-order valence-corrected chi connectivity index (χ3v) is 4.59. The number of benzene rings is 2. The van der Waals surface area contributed by atoms with Crippen LogP contribution in [0, 0.1) is 0 Å². The second-order valence-corrected chi connectivity index (χ2v) is 6.43. The molecule has 1 heterocycles. The van der Waals surface area contributed by atoms with Gasteiger partial charge in [0.15, 0.2) is 0 Å². The summed E-state index contributed by atoms with van der Waals surface area (Å²) in [5.74, 6) is -0.233.